The van der Waals surface area contributed by atoms with Crippen LogP contribution in [0.25, 0.3) is 0 Å². The van der Waals surface area contributed by atoms with Gasteiger partial charge in [-0.05, 0) is 24.6 Å². The van der Waals surface area contributed by atoms with Crippen molar-refractivity contribution in [2.24, 2.45) is 0 Å². The van der Waals surface area contributed by atoms with E-state index in [1.807, 2.05) is 18.2 Å². The second kappa shape index (κ2) is 9.99. The molecule has 5 nitrogen and oxygen atoms in total. The molecule has 1 aliphatic heterocycles. The summed E-state index contributed by atoms with van der Waals surface area (Å²) in [6.07, 6.45) is -0.434. The maximum atomic E-state index is 10.1. The van der Waals surface area contributed by atoms with E-state index < -0.39 is 6.10 Å². The molecule has 0 amide bonds. The molecule has 1 saturated heterocycles. The van der Waals surface area contributed by atoms with Gasteiger partial charge in [0, 0.05) is 32.7 Å². The van der Waals surface area contributed by atoms with Gasteiger partial charge in [-0.25, -0.2) is 0 Å². The van der Waals surface area contributed by atoms with Crippen molar-refractivity contribution >= 4 is 0 Å². The van der Waals surface area contributed by atoms with Gasteiger partial charge in [-0.2, -0.15) is 0 Å². The standard InChI is InChI=1S/C19H32N2O3/c1-16(2)18-6-4-5-7-19(18)24-13-12-23-15-17(22)14-21-10-8-20(3)9-11-21/h4-7,16-17,22H,8-15H2,1-3H3. The Balaban J connectivity index is 1.59. The minimum absolute atomic E-state index is 0.363. The topological polar surface area (TPSA) is 45.2 Å². The van der Waals surface area contributed by atoms with Crippen molar-refractivity contribution in [2.45, 2.75) is 25.9 Å². The summed E-state index contributed by atoms with van der Waals surface area (Å²) >= 11 is 0. The number of aliphatic hydroxyl groups excluding tert-OH is 1. The zero-order valence-electron chi connectivity index (χ0n) is 15.3. The van der Waals surface area contributed by atoms with Crippen molar-refractivity contribution in [2.75, 3.05) is 59.6 Å². The fourth-order valence-electron chi connectivity index (χ4n) is 2.90. The number of ether oxygens (including phenoxy) is 2. The molecule has 24 heavy (non-hydrogen) atoms. The van der Waals surface area contributed by atoms with Gasteiger partial charge in [0.2, 0.25) is 0 Å². The normalized spacial score (nSPS) is 18.0. The van der Waals surface area contributed by atoms with E-state index >= 15 is 0 Å². The molecule has 0 aromatic heterocycles. The van der Waals surface area contributed by atoms with Crippen LogP contribution in [0.15, 0.2) is 24.3 Å². The molecule has 0 saturated carbocycles. The maximum absolute atomic E-state index is 10.1. The van der Waals surface area contributed by atoms with Gasteiger partial charge < -0.3 is 19.5 Å². The van der Waals surface area contributed by atoms with E-state index in [4.69, 9.17) is 9.47 Å². The SMILES string of the molecule is CC(C)c1ccccc1OCCOCC(O)CN1CCN(C)CC1. The Morgan fingerprint density at radius 1 is 1.08 bits per heavy atom. The Bertz CT molecular complexity index is 473. The Morgan fingerprint density at radius 3 is 2.50 bits per heavy atom. The lowest BCUT2D eigenvalue weighted by Gasteiger charge is -2.33. The maximum Gasteiger partial charge on any atom is 0.122 e. The Kier molecular flexibility index (Phi) is 7.99. The molecule has 1 N–H and O–H groups in total. The number of nitrogens with zero attached hydrogens (tertiary/aromatic N) is 2. The van der Waals surface area contributed by atoms with Crippen LogP contribution < -0.4 is 4.74 Å². The van der Waals surface area contributed by atoms with Crippen molar-refractivity contribution in [1.29, 1.82) is 0 Å². The molecule has 0 bridgehead atoms. The van der Waals surface area contributed by atoms with Crippen molar-refractivity contribution in [1.82, 2.24) is 9.80 Å². The first-order valence-corrected chi connectivity index (χ1v) is 8.94. The van der Waals surface area contributed by atoms with Gasteiger partial charge in [-0.3, -0.25) is 4.90 Å². The summed E-state index contributed by atoms with van der Waals surface area (Å²) in [5, 5.41) is 10.1. The molecule has 1 unspecified atom stereocenters. The number of piperazine rings is 1. The smallest absolute Gasteiger partial charge is 0.122 e. The second-order valence-electron chi connectivity index (χ2n) is 6.87. The highest BCUT2D eigenvalue weighted by Crippen LogP contribution is 2.25. The molecule has 1 aliphatic rings. The summed E-state index contributed by atoms with van der Waals surface area (Å²) in [7, 11) is 2.13. The van der Waals surface area contributed by atoms with E-state index in [1.165, 1.54) is 5.56 Å². The molecule has 1 heterocycles. The van der Waals surface area contributed by atoms with Gasteiger partial charge in [0.05, 0.1) is 19.3 Å². The molecule has 2 rings (SSSR count). The van der Waals surface area contributed by atoms with Crippen LogP contribution >= 0.6 is 0 Å². The van der Waals surface area contributed by atoms with Crippen LogP contribution in [0.2, 0.25) is 0 Å². The highest BCUT2D eigenvalue weighted by Gasteiger charge is 2.17. The number of β-amino-alcohol motifs (C(OH)–C–C–N with tert-alkyl or cyclic N) is 1. The number of hydrogen-bond acceptors (Lipinski definition) is 5. The lowest BCUT2D eigenvalue weighted by Crippen LogP contribution is -2.47. The van der Waals surface area contributed by atoms with Gasteiger partial charge in [0.25, 0.3) is 0 Å². The number of aliphatic hydroxyl groups is 1. The van der Waals surface area contributed by atoms with Crippen molar-refractivity contribution in [3.05, 3.63) is 29.8 Å². The number of benzene rings is 1. The van der Waals surface area contributed by atoms with E-state index in [2.05, 4.69) is 36.8 Å². The zero-order chi connectivity index (χ0) is 17.4. The predicted molar refractivity (Wildman–Crippen MR) is 96.8 cm³/mol. The first kappa shape index (κ1) is 19.2. The average Bonchev–Trinajstić information content (AvgIpc) is 2.57. The van der Waals surface area contributed by atoms with Crippen LogP contribution in [0.5, 0.6) is 5.75 Å². The molecule has 1 aromatic rings. The molecule has 136 valence electrons. The highest BCUT2D eigenvalue weighted by atomic mass is 16.5. The molecule has 0 radical (unpaired) electrons. The van der Waals surface area contributed by atoms with Gasteiger partial charge in [-0.15, -0.1) is 0 Å². The Labute approximate surface area is 146 Å². The fourth-order valence-corrected chi connectivity index (χ4v) is 2.90. The summed E-state index contributed by atoms with van der Waals surface area (Å²) in [5.41, 5.74) is 1.22. The summed E-state index contributed by atoms with van der Waals surface area (Å²) in [6.45, 7) is 10.5. The van der Waals surface area contributed by atoms with E-state index in [9.17, 15) is 5.11 Å². The van der Waals surface area contributed by atoms with Gasteiger partial charge in [0.15, 0.2) is 0 Å². The summed E-state index contributed by atoms with van der Waals surface area (Å²) < 4.78 is 11.4. The summed E-state index contributed by atoms with van der Waals surface area (Å²) in [5.74, 6) is 1.36. The quantitative estimate of drug-likeness (QED) is 0.697. The van der Waals surface area contributed by atoms with E-state index in [0.717, 1.165) is 31.9 Å². The third-order valence-corrected chi connectivity index (χ3v) is 4.40. The first-order chi connectivity index (χ1) is 11.6. The third-order valence-electron chi connectivity index (χ3n) is 4.40. The first-order valence-electron chi connectivity index (χ1n) is 8.94. The predicted octanol–water partition coefficient (Wildman–Crippen LogP) is 1.81. The van der Waals surface area contributed by atoms with Crippen LogP contribution in [-0.2, 0) is 4.74 Å². The molecular formula is C19H32N2O3. The minimum atomic E-state index is -0.434. The number of para-hydroxylation sites is 1. The van der Waals surface area contributed by atoms with E-state index in [1.54, 1.807) is 0 Å². The fraction of sp³-hybridized carbons (Fsp3) is 0.684. The zero-order valence-corrected chi connectivity index (χ0v) is 15.3. The molecule has 1 aromatic carbocycles. The lowest BCUT2D eigenvalue weighted by molar-refractivity contribution is 0.00142. The van der Waals surface area contributed by atoms with Crippen molar-refractivity contribution in [3.63, 3.8) is 0 Å². The number of rotatable bonds is 9. The second-order valence-corrected chi connectivity index (χ2v) is 6.87. The molecule has 1 atom stereocenters. The van der Waals surface area contributed by atoms with Gasteiger partial charge in [-0.1, -0.05) is 32.0 Å². The number of likely N-dealkylation sites (N-methyl/N-ethyl adjacent to an activating group) is 1. The van der Waals surface area contributed by atoms with Crippen LogP contribution in [0.1, 0.15) is 25.3 Å². The van der Waals surface area contributed by atoms with Gasteiger partial charge in [0.1, 0.15) is 12.4 Å². The van der Waals surface area contributed by atoms with Gasteiger partial charge >= 0.3 is 0 Å². The summed E-state index contributed by atoms with van der Waals surface area (Å²) in [4.78, 5) is 4.61. The molecule has 5 heteroatoms. The average molecular weight is 336 g/mol. The monoisotopic (exact) mass is 336 g/mol. The summed E-state index contributed by atoms with van der Waals surface area (Å²) in [6, 6.07) is 8.12. The van der Waals surface area contributed by atoms with Crippen molar-refractivity contribution < 1.29 is 14.6 Å². The Morgan fingerprint density at radius 2 is 1.79 bits per heavy atom. The van der Waals surface area contributed by atoms with E-state index in [0.29, 0.717) is 32.3 Å². The third kappa shape index (κ3) is 6.40. The highest BCUT2D eigenvalue weighted by molar-refractivity contribution is 5.35. The minimum Gasteiger partial charge on any atom is -0.491 e. The van der Waals surface area contributed by atoms with Crippen LogP contribution in [-0.4, -0.2) is 80.6 Å². The molecule has 0 spiro atoms. The number of hydrogen-bond donors (Lipinski definition) is 1. The van der Waals surface area contributed by atoms with Crippen LogP contribution in [0, 0.1) is 0 Å². The molecule has 1 fully saturated rings. The lowest BCUT2D eigenvalue weighted by atomic mass is 10.0. The molecule has 0 aliphatic carbocycles. The van der Waals surface area contributed by atoms with Crippen molar-refractivity contribution in [3.8, 4) is 5.75 Å². The Hall–Kier alpha value is -1.14. The van der Waals surface area contributed by atoms with Crippen LogP contribution in [0.4, 0.5) is 0 Å². The molecular weight excluding hydrogens is 304 g/mol. The largest absolute Gasteiger partial charge is 0.491 e. The van der Waals surface area contributed by atoms with Crippen LogP contribution in [0.3, 0.4) is 0 Å². The van der Waals surface area contributed by atoms with E-state index in [-0.39, 0.29) is 0 Å².